The van der Waals surface area contributed by atoms with Crippen molar-refractivity contribution < 1.29 is 9.21 Å². The van der Waals surface area contributed by atoms with Crippen molar-refractivity contribution in [3.05, 3.63) is 29.5 Å². The third-order valence-electron chi connectivity index (χ3n) is 2.18. The summed E-state index contributed by atoms with van der Waals surface area (Å²) in [7, 11) is 1.75. The fourth-order valence-corrected chi connectivity index (χ4v) is 1.42. The van der Waals surface area contributed by atoms with Crippen molar-refractivity contribution in [3.8, 4) is 0 Å². The number of aromatic nitrogens is 3. The number of anilines is 1. The molecule has 2 rings (SSSR count). The molecule has 0 bridgehead atoms. The quantitative estimate of drug-likeness (QED) is 0.827. The van der Waals surface area contributed by atoms with Crippen molar-refractivity contribution in [1.82, 2.24) is 14.8 Å². The standard InChI is InChI=1S/C10H12N4O2/c1-6-4-7(2)16-8(6)9(15)12-10-13-11-5-14(10)3/h4-5H,1-3H3,(H,12,13,15). The average Bonchev–Trinajstić information content (AvgIpc) is 2.74. The lowest BCUT2D eigenvalue weighted by Gasteiger charge is -2.01. The van der Waals surface area contributed by atoms with Crippen LogP contribution < -0.4 is 5.32 Å². The van der Waals surface area contributed by atoms with Gasteiger partial charge in [-0.25, -0.2) is 0 Å². The minimum Gasteiger partial charge on any atom is -0.456 e. The molecule has 0 aliphatic heterocycles. The molecule has 16 heavy (non-hydrogen) atoms. The summed E-state index contributed by atoms with van der Waals surface area (Å²) in [5.41, 5.74) is 0.803. The van der Waals surface area contributed by atoms with E-state index in [-0.39, 0.29) is 5.91 Å². The molecule has 0 aliphatic carbocycles. The molecule has 2 aromatic rings. The molecule has 0 aromatic carbocycles. The maximum Gasteiger partial charge on any atom is 0.293 e. The monoisotopic (exact) mass is 220 g/mol. The van der Waals surface area contributed by atoms with E-state index in [2.05, 4.69) is 15.5 Å². The van der Waals surface area contributed by atoms with Crippen molar-refractivity contribution in [2.75, 3.05) is 5.32 Å². The summed E-state index contributed by atoms with van der Waals surface area (Å²) in [6.07, 6.45) is 1.51. The SMILES string of the molecule is Cc1cc(C)c(C(=O)Nc2nncn2C)o1. The van der Waals surface area contributed by atoms with Gasteiger partial charge in [-0.15, -0.1) is 10.2 Å². The van der Waals surface area contributed by atoms with E-state index in [0.717, 1.165) is 5.56 Å². The maximum atomic E-state index is 11.8. The Morgan fingerprint density at radius 1 is 1.50 bits per heavy atom. The minimum atomic E-state index is -0.318. The van der Waals surface area contributed by atoms with Gasteiger partial charge in [-0.1, -0.05) is 0 Å². The molecule has 1 amide bonds. The number of carbonyl (C=O) groups excluding carboxylic acids is 1. The van der Waals surface area contributed by atoms with Gasteiger partial charge in [-0.3, -0.25) is 10.1 Å². The highest BCUT2D eigenvalue weighted by Crippen LogP contribution is 2.14. The van der Waals surface area contributed by atoms with E-state index in [0.29, 0.717) is 17.5 Å². The molecule has 1 N–H and O–H groups in total. The molecule has 0 saturated carbocycles. The minimum absolute atomic E-state index is 0.306. The van der Waals surface area contributed by atoms with Crippen LogP contribution in [0.3, 0.4) is 0 Å². The predicted octanol–water partition coefficient (Wildman–Crippen LogP) is 1.28. The normalized spacial score (nSPS) is 10.4. The topological polar surface area (TPSA) is 73.0 Å². The number of amides is 1. The van der Waals surface area contributed by atoms with E-state index in [1.165, 1.54) is 6.33 Å². The first-order chi connectivity index (χ1) is 7.58. The van der Waals surface area contributed by atoms with Crippen LogP contribution in [0.2, 0.25) is 0 Å². The van der Waals surface area contributed by atoms with Crippen molar-refractivity contribution in [2.45, 2.75) is 13.8 Å². The van der Waals surface area contributed by atoms with Crippen LogP contribution in [0.25, 0.3) is 0 Å². The lowest BCUT2D eigenvalue weighted by Crippen LogP contribution is -2.15. The van der Waals surface area contributed by atoms with Gasteiger partial charge in [0.15, 0.2) is 5.76 Å². The van der Waals surface area contributed by atoms with Crippen LogP contribution in [-0.2, 0) is 7.05 Å². The van der Waals surface area contributed by atoms with Crippen molar-refractivity contribution in [3.63, 3.8) is 0 Å². The summed E-state index contributed by atoms with van der Waals surface area (Å²) in [6, 6.07) is 1.81. The van der Waals surface area contributed by atoms with Gasteiger partial charge >= 0.3 is 0 Å². The first-order valence-electron chi connectivity index (χ1n) is 4.80. The summed E-state index contributed by atoms with van der Waals surface area (Å²) >= 11 is 0. The van der Waals surface area contributed by atoms with Gasteiger partial charge in [0.1, 0.15) is 12.1 Å². The van der Waals surface area contributed by atoms with E-state index in [1.54, 1.807) is 18.5 Å². The van der Waals surface area contributed by atoms with Crippen LogP contribution in [0.4, 0.5) is 5.95 Å². The smallest absolute Gasteiger partial charge is 0.293 e. The highest BCUT2D eigenvalue weighted by Gasteiger charge is 2.16. The molecule has 0 spiro atoms. The van der Waals surface area contributed by atoms with Gasteiger partial charge in [-0.2, -0.15) is 0 Å². The summed E-state index contributed by atoms with van der Waals surface area (Å²) in [4.78, 5) is 11.8. The van der Waals surface area contributed by atoms with E-state index < -0.39 is 0 Å². The largest absolute Gasteiger partial charge is 0.456 e. The lowest BCUT2D eigenvalue weighted by molar-refractivity contribution is 0.0993. The molecule has 2 aromatic heterocycles. The van der Waals surface area contributed by atoms with Crippen molar-refractivity contribution in [1.29, 1.82) is 0 Å². The van der Waals surface area contributed by atoms with E-state index in [9.17, 15) is 4.79 Å². The Morgan fingerprint density at radius 3 is 2.75 bits per heavy atom. The molecule has 84 valence electrons. The second kappa shape index (κ2) is 3.80. The lowest BCUT2D eigenvalue weighted by atomic mass is 10.2. The third kappa shape index (κ3) is 1.81. The van der Waals surface area contributed by atoms with Crippen LogP contribution in [0.1, 0.15) is 21.9 Å². The highest BCUT2D eigenvalue weighted by atomic mass is 16.3. The zero-order chi connectivity index (χ0) is 11.7. The number of hydrogen-bond donors (Lipinski definition) is 1. The molecule has 6 nitrogen and oxygen atoms in total. The highest BCUT2D eigenvalue weighted by molar-refractivity contribution is 6.02. The number of furan rings is 1. The second-order valence-corrected chi connectivity index (χ2v) is 3.59. The zero-order valence-electron chi connectivity index (χ0n) is 9.31. The van der Waals surface area contributed by atoms with E-state index in [1.807, 2.05) is 13.0 Å². The van der Waals surface area contributed by atoms with Crippen LogP contribution >= 0.6 is 0 Å². The molecule has 0 aliphatic rings. The molecule has 0 atom stereocenters. The number of hydrogen-bond acceptors (Lipinski definition) is 4. The molecule has 0 radical (unpaired) electrons. The summed E-state index contributed by atoms with van der Waals surface area (Å²) < 4.78 is 6.91. The summed E-state index contributed by atoms with van der Waals surface area (Å²) in [5, 5.41) is 10.0. The van der Waals surface area contributed by atoms with Gasteiger partial charge < -0.3 is 8.98 Å². The Hall–Kier alpha value is -2.11. The number of nitrogens with one attached hydrogen (secondary N) is 1. The summed E-state index contributed by atoms with van der Waals surface area (Å²) in [5.74, 6) is 1.08. The van der Waals surface area contributed by atoms with Crippen molar-refractivity contribution in [2.24, 2.45) is 7.05 Å². The second-order valence-electron chi connectivity index (χ2n) is 3.59. The fourth-order valence-electron chi connectivity index (χ4n) is 1.42. The molecular formula is C10H12N4O2. The molecule has 0 fully saturated rings. The maximum absolute atomic E-state index is 11.8. The Morgan fingerprint density at radius 2 is 2.25 bits per heavy atom. The number of carbonyl (C=O) groups is 1. The van der Waals surface area contributed by atoms with Gasteiger partial charge in [0.2, 0.25) is 5.95 Å². The average molecular weight is 220 g/mol. The molecule has 0 saturated heterocycles. The van der Waals surface area contributed by atoms with E-state index >= 15 is 0 Å². The first kappa shape index (κ1) is 10.4. The van der Waals surface area contributed by atoms with Gasteiger partial charge in [0.05, 0.1) is 0 Å². The number of nitrogens with zero attached hydrogens (tertiary/aromatic N) is 3. The van der Waals surface area contributed by atoms with E-state index in [4.69, 9.17) is 4.42 Å². The molecular weight excluding hydrogens is 208 g/mol. The van der Waals surface area contributed by atoms with Crippen LogP contribution in [-0.4, -0.2) is 20.7 Å². The van der Waals surface area contributed by atoms with Gasteiger partial charge in [-0.05, 0) is 19.9 Å². The van der Waals surface area contributed by atoms with Crippen LogP contribution in [0.15, 0.2) is 16.8 Å². The Balaban J connectivity index is 2.21. The van der Waals surface area contributed by atoms with Gasteiger partial charge in [0.25, 0.3) is 5.91 Å². The Kier molecular flexibility index (Phi) is 2.47. The van der Waals surface area contributed by atoms with Crippen LogP contribution in [0, 0.1) is 13.8 Å². The van der Waals surface area contributed by atoms with Gasteiger partial charge in [0, 0.05) is 12.6 Å². The fraction of sp³-hybridized carbons (Fsp3) is 0.300. The van der Waals surface area contributed by atoms with Crippen LogP contribution in [0.5, 0.6) is 0 Å². The molecule has 0 unspecified atom stereocenters. The number of rotatable bonds is 2. The zero-order valence-corrected chi connectivity index (χ0v) is 9.31. The molecule has 2 heterocycles. The number of aryl methyl sites for hydroxylation is 3. The first-order valence-corrected chi connectivity index (χ1v) is 4.80. The predicted molar refractivity (Wildman–Crippen MR) is 57.1 cm³/mol. The summed E-state index contributed by atoms with van der Waals surface area (Å²) in [6.45, 7) is 3.62. The molecule has 6 heteroatoms. The Bertz CT molecular complexity index is 527. The van der Waals surface area contributed by atoms with Crippen molar-refractivity contribution >= 4 is 11.9 Å². The Labute approximate surface area is 92.3 Å². The third-order valence-corrected chi connectivity index (χ3v) is 2.18.